The lowest BCUT2D eigenvalue weighted by atomic mass is 10.1. The van der Waals surface area contributed by atoms with Gasteiger partial charge in [0.1, 0.15) is 5.82 Å². The lowest BCUT2D eigenvalue weighted by Crippen LogP contribution is -2.18. The number of rotatable bonds is 5. The molecule has 0 saturated carbocycles. The third kappa shape index (κ3) is 3.46. The maximum Gasteiger partial charge on any atom is 0.123 e. The highest BCUT2D eigenvalue weighted by atomic mass is 19.1. The zero-order valence-corrected chi connectivity index (χ0v) is 13.2. The summed E-state index contributed by atoms with van der Waals surface area (Å²) < 4.78 is 14.9. The molecular weight excluding hydrogens is 291 g/mol. The highest BCUT2D eigenvalue weighted by Gasteiger charge is 2.14. The van der Waals surface area contributed by atoms with Gasteiger partial charge in [0.15, 0.2) is 0 Å². The molecule has 0 aliphatic rings. The number of nitrogens with zero attached hydrogens (tertiary/aromatic N) is 3. The van der Waals surface area contributed by atoms with E-state index in [9.17, 15) is 4.39 Å². The number of hydrogen-bond acceptors (Lipinski definition) is 3. The van der Waals surface area contributed by atoms with Gasteiger partial charge in [0, 0.05) is 36.2 Å². The van der Waals surface area contributed by atoms with E-state index in [1.54, 1.807) is 18.3 Å². The van der Waals surface area contributed by atoms with Crippen molar-refractivity contribution in [3.63, 3.8) is 0 Å². The standard InChI is InChI=1S/C18H19FN4/c1-13(21-11-15-4-3-9-20-10-15)18-12-22-23(14(18)2)17-7-5-16(19)6-8-17/h3-10,12-13,21H,11H2,1-2H3. The molecule has 0 radical (unpaired) electrons. The third-order valence-electron chi connectivity index (χ3n) is 3.92. The Morgan fingerprint density at radius 2 is 1.96 bits per heavy atom. The topological polar surface area (TPSA) is 42.7 Å². The van der Waals surface area contributed by atoms with Gasteiger partial charge in [-0.3, -0.25) is 4.98 Å². The predicted octanol–water partition coefficient (Wildman–Crippen LogP) is 3.57. The summed E-state index contributed by atoms with van der Waals surface area (Å²) in [6.45, 7) is 4.87. The van der Waals surface area contributed by atoms with Crippen LogP contribution in [0.4, 0.5) is 4.39 Å². The van der Waals surface area contributed by atoms with E-state index in [1.165, 1.54) is 12.1 Å². The van der Waals surface area contributed by atoms with Gasteiger partial charge < -0.3 is 5.32 Å². The fraction of sp³-hybridized carbons (Fsp3) is 0.222. The van der Waals surface area contributed by atoms with Crippen LogP contribution < -0.4 is 5.32 Å². The van der Waals surface area contributed by atoms with E-state index in [2.05, 4.69) is 22.3 Å². The molecule has 0 aliphatic carbocycles. The number of aromatic nitrogens is 3. The second kappa shape index (κ2) is 6.71. The van der Waals surface area contributed by atoms with E-state index in [4.69, 9.17) is 0 Å². The van der Waals surface area contributed by atoms with Crippen LogP contribution in [0.5, 0.6) is 0 Å². The molecule has 0 fully saturated rings. The highest BCUT2D eigenvalue weighted by Crippen LogP contribution is 2.20. The zero-order valence-electron chi connectivity index (χ0n) is 13.2. The van der Waals surface area contributed by atoms with Crippen molar-refractivity contribution in [3.8, 4) is 5.69 Å². The number of pyridine rings is 1. The first-order chi connectivity index (χ1) is 11.1. The number of halogens is 1. The molecule has 0 saturated heterocycles. The highest BCUT2D eigenvalue weighted by molar-refractivity contribution is 5.35. The predicted molar refractivity (Wildman–Crippen MR) is 87.8 cm³/mol. The molecule has 23 heavy (non-hydrogen) atoms. The van der Waals surface area contributed by atoms with Crippen LogP contribution in [0.15, 0.2) is 55.0 Å². The monoisotopic (exact) mass is 310 g/mol. The van der Waals surface area contributed by atoms with Gasteiger partial charge in [0.05, 0.1) is 11.9 Å². The third-order valence-corrected chi connectivity index (χ3v) is 3.92. The summed E-state index contributed by atoms with van der Waals surface area (Å²) in [6.07, 6.45) is 5.48. The first-order valence-electron chi connectivity index (χ1n) is 7.58. The first kappa shape index (κ1) is 15.4. The normalized spacial score (nSPS) is 12.3. The quantitative estimate of drug-likeness (QED) is 0.783. The van der Waals surface area contributed by atoms with E-state index < -0.39 is 0 Å². The lowest BCUT2D eigenvalue weighted by molar-refractivity contribution is 0.571. The van der Waals surface area contributed by atoms with Gasteiger partial charge in [-0.1, -0.05) is 6.07 Å². The molecule has 0 spiro atoms. The summed E-state index contributed by atoms with van der Waals surface area (Å²) in [5.74, 6) is -0.245. The maximum atomic E-state index is 13.1. The van der Waals surface area contributed by atoms with Crippen LogP contribution in [0.1, 0.15) is 29.8 Å². The van der Waals surface area contributed by atoms with Crippen LogP contribution in [0.3, 0.4) is 0 Å². The number of hydrogen-bond donors (Lipinski definition) is 1. The van der Waals surface area contributed by atoms with Gasteiger partial charge in [-0.15, -0.1) is 0 Å². The minimum Gasteiger partial charge on any atom is -0.306 e. The molecule has 4 nitrogen and oxygen atoms in total. The maximum absolute atomic E-state index is 13.1. The van der Waals surface area contributed by atoms with Crippen molar-refractivity contribution < 1.29 is 4.39 Å². The molecular formula is C18H19FN4. The van der Waals surface area contributed by atoms with Gasteiger partial charge in [0.2, 0.25) is 0 Å². The Hall–Kier alpha value is -2.53. The van der Waals surface area contributed by atoms with E-state index in [0.717, 1.165) is 29.1 Å². The Kier molecular flexibility index (Phi) is 4.48. The van der Waals surface area contributed by atoms with Crippen LogP contribution >= 0.6 is 0 Å². The smallest absolute Gasteiger partial charge is 0.123 e. The molecule has 2 heterocycles. The molecule has 3 aromatic rings. The van der Waals surface area contributed by atoms with E-state index in [1.807, 2.05) is 36.1 Å². The molecule has 3 rings (SSSR count). The van der Waals surface area contributed by atoms with Crippen LogP contribution in [0.2, 0.25) is 0 Å². The first-order valence-corrected chi connectivity index (χ1v) is 7.58. The van der Waals surface area contributed by atoms with Crippen LogP contribution in [0, 0.1) is 12.7 Å². The van der Waals surface area contributed by atoms with Gasteiger partial charge in [-0.25, -0.2) is 9.07 Å². The Balaban J connectivity index is 1.74. The van der Waals surface area contributed by atoms with Crippen molar-refractivity contribution in [2.24, 2.45) is 0 Å². The van der Waals surface area contributed by atoms with Crippen molar-refractivity contribution >= 4 is 0 Å². The minimum absolute atomic E-state index is 0.157. The summed E-state index contributed by atoms with van der Waals surface area (Å²) >= 11 is 0. The molecule has 1 N–H and O–H groups in total. The fourth-order valence-corrected chi connectivity index (χ4v) is 2.57. The second-order valence-electron chi connectivity index (χ2n) is 5.54. The van der Waals surface area contributed by atoms with Crippen molar-refractivity contribution in [3.05, 3.63) is 77.6 Å². The van der Waals surface area contributed by atoms with Gasteiger partial charge in [-0.05, 0) is 49.7 Å². The summed E-state index contributed by atoms with van der Waals surface area (Å²) in [6, 6.07) is 10.5. The molecule has 1 aromatic carbocycles. The summed E-state index contributed by atoms with van der Waals surface area (Å²) in [7, 11) is 0. The molecule has 0 bridgehead atoms. The van der Waals surface area contributed by atoms with Crippen molar-refractivity contribution in [2.45, 2.75) is 26.4 Å². The Morgan fingerprint density at radius 1 is 1.17 bits per heavy atom. The van der Waals surface area contributed by atoms with E-state index >= 15 is 0 Å². The Labute approximate surface area is 135 Å². The zero-order chi connectivity index (χ0) is 16.2. The van der Waals surface area contributed by atoms with Gasteiger partial charge in [-0.2, -0.15) is 5.10 Å². The SMILES string of the molecule is Cc1c(C(C)NCc2cccnc2)cnn1-c1ccc(F)cc1. The number of nitrogens with one attached hydrogen (secondary N) is 1. The summed E-state index contributed by atoms with van der Waals surface area (Å²) in [5, 5.41) is 7.91. The summed E-state index contributed by atoms with van der Waals surface area (Å²) in [4.78, 5) is 4.12. The van der Waals surface area contributed by atoms with Crippen LogP contribution in [0.25, 0.3) is 5.69 Å². The molecule has 2 aromatic heterocycles. The average Bonchev–Trinajstić information content (AvgIpc) is 2.96. The molecule has 118 valence electrons. The average molecular weight is 310 g/mol. The molecule has 1 atom stereocenters. The molecule has 0 aliphatic heterocycles. The minimum atomic E-state index is -0.245. The molecule has 0 amide bonds. The van der Waals surface area contributed by atoms with E-state index in [0.29, 0.717) is 0 Å². The van der Waals surface area contributed by atoms with E-state index in [-0.39, 0.29) is 11.9 Å². The Bertz CT molecular complexity index is 765. The van der Waals surface area contributed by atoms with Crippen molar-refractivity contribution in [2.75, 3.05) is 0 Å². The van der Waals surface area contributed by atoms with Crippen LogP contribution in [-0.4, -0.2) is 14.8 Å². The second-order valence-corrected chi connectivity index (χ2v) is 5.54. The van der Waals surface area contributed by atoms with Crippen LogP contribution in [-0.2, 0) is 6.54 Å². The molecule has 1 unspecified atom stereocenters. The van der Waals surface area contributed by atoms with Gasteiger partial charge >= 0.3 is 0 Å². The Morgan fingerprint density at radius 3 is 2.65 bits per heavy atom. The van der Waals surface area contributed by atoms with Gasteiger partial charge in [0.25, 0.3) is 0 Å². The van der Waals surface area contributed by atoms with Crippen molar-refractivity contribution in [1.82, 2.24) is 20.1 Å². The largest absolute Gasteiger partial charge is 0.306 e. The fourth-order valence-electron chi connectivity index (χ4n) is 2.57. The molecule has 5 heteroatoms. The van der Waals surface area contributed by atoms with Crippen molar-refractivity contribution in [1.29, 1.82) is 0 Å². The lowest BCUT2D eigenvalue weighted by Gasteiger charge is -2.14. The number of benzene rings is 1. The summed E-state index contributed by atoms with van der Waals surface area (Å²) in [5.41, 5.74) is 4.17.